The number of hydrogen-bond acceptors (Lipinski definition) is 3. The Kier molecular flexibility index (Phi) is 4.79. The number of nitrogens with one attached hydrogen (secondary N) is 2. The first-order chi connectivity index (χ1) is 13.0. The first kappa shape index (κ1) is 17.9. The maximum absolute atomic E-state index is 12.8. The van der Waals surface area contributed by atoms with Crippen LogP contribution >= 0.6 is 0 Å². The molecule has 0 spiro atoms. The third-order valence-electron chi connectivity index (χ3n) is 5.65. The molecule has 0 bridgehead atoms. The molecule has 2 N–H and O–H groups in total. The molecule has 5 nitrogen and oxygen atoms in total. The summed E-state index contributed by atoms with van der Waals surface area (Å²) in [5.74, 6) is 1.50. The fraction of sp³-hybridized carbons (Fsp3) is 0.409. The Morgan fingerprint density at radius 2 is 2.22 bits per heavy atom. The highest BCUT2D eigenvalue weighted by Gasteiger charge is 2.21. The van der Waals surface area contributed by atoms with E-state index in [4.69, 9.17) is 4.42 Å². The average molecular weight is 365 g/mol. The summed E-state index contributed by atoms with van der Waals surface area (Å²) in [7, 11) is 3.97. The summed E-state index contributed by atoms with van der Waals surface area (Å²) in [4.78, 5) is 18.4. The monoisotopic (exact) mass is 365 g/mol. The van der Waals surface area contributed by atoms with Crippen LogP contribution in [0.4, 0.5) is 0 Å². The largest absolute Gasteiger partial charge is 0.468 e. The van der Waals surface area contributed by atoms with Gasteiger partial charge in [-0.3, -0.25) is 9.69 Å². The van der Waals surface area contributed by atoms with Gasteiger partial charge in [0.1, 0.15) is 5.76 Å². The van der Waals surface area contributed by atoms with Crippen molar-refractivity contribution in [1.29, 1.82) is 0 Å². The molecule has 1 amide bonds. The van der Waals surface area contributed by atoms with E-state index < -0.39 is 0 Å². The van der Waals surface area contributed by atoms with Crippen molar-refractivity contribution >= 4 is 16.8 Å². The topological polar surface area (TPSA) is 61.3 Å². The van der Waals surface area contributed by atoms with Crippen molar-refractivity contribution in [1.82, 2.24) is 15.2 Å². The highest BCUT2D eigenvalue weighted by Crippen LogP contribution is 2.32. The number of H-pyrrole nitrogens is 1. The fourth-order valence-corrected chi connectivity index (χ4v) is 4.04. The lowest BCUT2D eigenvalue weighted by Gasteiger charge is -2.22. The van der Waals surface area contributed by atoms with Gasteiger partial charge in [0.15, 0.2) is 0 Å². The Morgan fingerprint density at radius 3 is 2.96 bits per heavy atom. The molecule has 2 heterocycles. The van der Waals surface area contributed by atoms with Gasteiger partial charge in [-0.15, -0.1) is 0 Å². The number of hydrogen-bond donors (Lipinski definition) is 2. The van der Waals surface area contributed by atoms with Gasteiger partial charge in [-0.25, -0.2) is 0 Å². The molecule has 1 aromatic carbocycles. The summed E-state index contributed by atoms with van der Waals surface area (Å²) in [5, 5.41) is 4.26. The quantitative estimate of drug-likeness (QED) is 0.720. The van der Waals surface area contributed by atoms with Crippen LogP contribution in [0.3, 0.4) is 0 Å². The zero-order valence-corrected chi connectivity index (χ0v) is 16.2. The minimum absolute atomic E-state index is 0.00792. The van der Waals surface area contributed by atoms with Crippen molar-refractivity contribution in [3.63, 3.8) is 0 Å². The Hall–Kier alpha value is -2.53. The van der Waals surface area contributed by atoms with E-state index in [0.29, 0.717) is 18.0 Å². The van der Waals surface area contributed by atoms with Gasteiger partial charge in [-0.2, -0.15) is 0 Å². The number of carbonyl (C=O) groups excluding carboxylic acids is 1. The molecule has 1 aliphatic carbocycles. The number of rotatable bonds is 5. The molecule has 2 atom stereocenters. The lowest BCUT2D eigenvalue weighted by Crippen LogP contribution is -2.34. The van der Waals surface area contributed by atoms with E-state index in [9.17, 15) is 4.79 Å². The van der Waals surface area contributed by atoms with Gasteiger partial charge < -0.3 is 14.7 Å². The van der Waals surface area contributed by atoms with Crippen LogP contribution in [-0.4, -0.2) is 36.4 Å². The van der Waals surface area contributed by atoms with Crippen LogP contribution in [0, 0.1) is 5.92 Å². The summed E-state index contributed by atoms with van der Waals surface area (Å²) in [6, 6.07) is 9.79. The molecular weight excluding hydrogens is 338 g/mol. The molecule has 3 aromatic rings. The van der Waals surface area contributed by atoms with Gasteiger partial charge in [-0.1, -0.05) is 6.92 Å². The zero-order chi connectivity index (χ0) is 19.0. The van der Waals surface area contributed by atoms with Gasteiger partial charge in [0, 0.05) is 28.7 Å². The predicted octanol–water partition coefficient (Wildman–Crippen LogP) is 3.92. The molecule has 142 valence electrons. The lowest BCUT2D eigenvalue weighted by molar-refractivity contribution is 0.0939. The molecule has 4 rings (SSSR count). The van der Waals surface area contributed by atoms with Gasteiger partial charge in [0.25, 0.3) is 5.91 Å². The van der Waals surface area contributed by atoms with E-state index in [1.165, 1.54) is 23.1 Å². The maximum Gasteiger partial charge on any atom is 0.251 e. The van der Waals surface area contributed by atoms with E-state index in [1.54, 1.807) is 6.26 Å². The van der Waals surface area contributed by atoms with Crippen molar-refractivity contribution in [3.05, 3.63) is 59.2 Å². The highest BCUT2D eigenvalue weighted by atomic mass is 16.3. The van der Waals surface area contributed by atoms with Crippen molar-refractivity contribution < 1.29 is 9.21 Å². The van der Waals surface area contributed by atoms with Crippen molar-refractivity contribution in [3.8, 4) is 0 Å². The van der Waals surface area contributed by atoms with E-state index >= 15 is 0 Å². The Bertz CT molecular complexity index is 940. The molecule has 0 saturated carbocycles. The van der Waals surface area contributed by atoms with Crippen LogP contribution in [0.25, 0.3) is 10.9 Å². The van der Waals surface area contributed by atoms with Crippen LogP contribution in [0.5, 0.6) is 0 Å². The van der Waals surface area contributed by atoms with E-state index in [0.717, 1.165) is 24.1 Å². The Balaban J connectivity index is 1.53. The molecule has 0 saturated heterocycles. The number of likely N-dealkylation sites (N-methyl/N-ethyl adjacent to an activating group) is 1. The number of carbonyl (C=O) groups is 1. The number of aryl methyl sites for hydroxylation is 1. The normalized spacial score (nSPS) is 17.9. The van der Waals surface area contributed by atoms with Gasteiger partial charge in [0.2, 0.25) is 0 Å². The third-order valence-corrected chi connectivity index (χ3v) is 5.65. The van der Waals surface area contributed by atoms with Gasteiger partial charge >= 0.3 is 0 Å². The number of benzene rings is 1. The zero-order valence-electron chi connectivity index (χ0n) is 16.2. The van der Waals surface area contributed by atoms with Crippen LogP contribution in [-0.2, 0) is 12.8 Å². The number of aromatic nitrogens is 1. The molecular formula is C22H27N3O2. The smallest absolute Gasteiger partial charge is 0.251 e. The molecule has 0 aliphatic heterocycles. The number of fused-ring (bicyclic) bond motifs is 3. The van der Waals surface area contributed by atoms with Crippen LogP contribution in [0.2, 0.25) is 0 Å². The van der Waals surface area contributed by atoms with E-state index in [2.05, 4.69) is 17.2 Å². The number of furan rings is 1. The summed E-state index contributed by atoms with van der Waals surface area (Å²) in [6.45, 7) is 2.80. The highest BCUT2D eigenvalue weighted by molar-refractivity contribution is 5.99. The maximum atomic E-state index is 12.8. The minimum atomic E-state index is -0.0471. The molecule has 5 heteroatoms. The van der Waals surface area contributed by atoms with E-state index in [-0.39, 0.29) is 11.9 Å². The molecule has 0 radical (unpaired) electrons. The second-order valence-corrected chi connectivity index (χ2v) is 7.90. The molecule has 1 aliphatic rings. The van der Waals surface area contributed by atoms with Crippen LogP contribution in [0.15, 0.2) is 41.0 Å². The number of nitrogens with zero attached hydrogens (tertiary/aromatic N) is 1. The first-order valence-corrected chi connectivity index (χ1v) is 9.64. The summed E-state index contributed by atoms with van der Waals surface area (Å²) < 4.78 is 5.52. The number of amides is 1. The van der Waals surface area contributed by atoms with Crippen molar-refractivity contribution in [2.45, 2.75) is 32.2 Å². The summed E-state index contributed by atoms with van der Waals surface area (Å²) in [6.07, 6.45) is 5.07. The number of aromatic amines is 1. The second-order valence-electron chi connectivity index (χ2n) is 7.90. The Labute approximate surface area is 159 Å². The van der Waals surface area contributed by atoms with Crippen molar-refractivity contribution in [2.24, 2.45) is 5.92 Å². The van der Waals surface area contributed by atoms with E-state index in [1.807, 2.05) is 49.3 Å². The van der Waals surface area contributed by atoms with Crippen molar-refractivity contribution in [2.75, 3.05) is 20.6 Å². The molecule has 0 fully saturated rings. The summed E-state index contributed by atoms with van der Waals surface area (Å²) >= 11 is 0. The van der Waals surface area contributed by atoms with Crippen LogP contribution in [0.1, 0.15) is 46.8 Å². The van der Waals surface area contributed by atoms with Gasteiger partial charge in [0.05, 0.1) is 12.3 Å². The molecule has 2 aromatic heterocycles. The standard InChI is InChI=1S/C22H27N3O2/c1-14-6-8-18-16(11-14)17-12-15(7-9-19(17)24-18)22(26)23-13-20(25(2)3)21-5-4-10-27-21/h4-5,7,9-10,12,14,20,24H,6,8,11,13H2,1-3H3,(H,23,26)/t14-,20+/m1/s1. The van der Waals surface area contributed by atoms with Crippen LogP contribution < -0.4 is 5.32 Å². The fourth-order valence-electron chi connectivity index (χ4n) is 4.04. The SMILES string of the molecule is C[C@@H]1CCc2[nH]c3ccc(C(=O)NC[C@@H](c4ccco4)N(C)C)cc3c2C1. The minimum Gasteiger partial charge on any atom is -0.468 e. The second kappa shape index (κ2) is 7.24. The molecule has 0 unspecified atom stereocenters. The molecule has 27 heavy (non-hydrogen) atoms. The predicted molar refractivity (Wildman–Crippen MR) is 107 cm³/mol. The Morgan fingerprint density at radius 1 is 1.37 bits per heavy atom. The first-order valence-electron chi connectivity index (χ1n) is 9.64. The average Bonchev–Trinajstić information content (AvgIpc) is 3.29. The van der Waals surface area contributed by atoms with Gasteiger partial charge in [-0.05, 0) is 75.2 Å². The lowest BCUT2D eigenvalue weighted by atomic mass is 9.87. The third kappa shape index (κ3) is 3.52. The summed E-state index contributed by atoms with van der Waals surface area (Å²) in [5.41, 5.74) is 4.57.